The molecule has 3 atom stereocenters. The highest BCUT2D eigenvalue weighted by atomic mass is 79.9. The summed E-state index contributed by atoms with van der Waals surface area (Å²) in [6.07, 6.45) is 2.14. The van der Waals surface area contributed by atoms with E-state index in [0.29, 0.717) is 24.1 Å². The van der Waals surface area contributed by atoms with Gasteiger partial charge in [-0.1, -0.05) is 46.3 Å². The highest BCUT2D eigenvalue weighted by Gasteiger charge is 2.50. The topological polar surface area (TPSA) is 122 Å². The molecule has 10 heteroatoms. The molecule has 0 aromatic heterocycles. The minimum Gasteiger partial charge on any atom is -0.452 e. The lowest BCUT2D eigenvalue weighted by Gasteiger charge is -2.28. The van der Waals surface area contributed by atoms with Gasteiger partial charge in [0.25, 0.3) is 11.8 Å². The molecule has 3 aromatic carbocycles. The van der Waals surface area contributed by atoms with Crippen LogP contribution in [0.3, 0.4) is 0 Å². The summed E-state index contributed by atoms with van der Waals surface area (Å²) in [6, 6.07) is 22.5. The predicted molar refractivity (Wildman–Crippen MR) is 149 cm³/mol. The fourth-order valence-corrected chi connectivity index (χ4v) is 5.52. The summed E-state index contributed by atoms with van der Waals surface area (Å²) in [5.41, 5.74) is 6.50. The Kier molecular flexibility index (Phi) is 8.06. The van der Waals surface area contributed by atoms with Crippen LogP contribution in [0.2, 0.25) is 0 Å². The fourth-order valence-electron chi connectivity index (χ4n) is 5.26. The molecule has 40 heavy (non-hydrogen) atoms. The Bertz CT molecular complexity index is 1440. The molecule has 1 heterocycles. The van der Waals surface area contributed by atoms with E-state index >= 15 is 0 Å². The highest BCUT2D eigenvalue weighted by molar-refractivity contribution is 9.10. The van der Waals surface area contributed by atoms with E-state index in [1.807, 2.05) is 18.2 Å². The smallest absolute Gasteiger partial charge is 0.338 e. The number of benzene rings is 3. The van der Waals surface area contributed by atoms with E-state index in [4.69, 9.17) is 4.74 Å². The Balaban J connectivity index is 1.14. The first kappa shape index (κ1) is 27.3. The largest absolute Gasteiger partial charge is 0.452 e. The summed E-state index contributed by atoms with van der Waals surface area (Å²) in [5, 5.41) is 0. The molecule has 1 saturated heterocycles. The van der Waals surface area contributed by atoms with Crippen molar-refractivity contribution in [2.45, 2.75) is 25.2 Å². The van der Waals surface area contributed by atoms with Gasteiger partial charge in [0.15, 0.2) is 6.61 Å². The van der Waals surface area contributed by atoms with Crippen molar-refractivity contribution < 1.29 is 28.7 Å². The van der Waals surface area contributed by atoms with E-state index in [0.717, 1.165) is 10.9 Å². The molecule has 1 saturated carbocycles. The number of anilines is 1. The predicted octanol–water partition coefficient (Wildman–Crippen LogP) is 4.14. The Labute approximate surface area is 239 Å². The molecule has 0 unspecified atom stereocenters. The van der Waals surface area contributed by atoms with Crippen LogP contribution < -0.4 is 15.8 Å². The van der Waals surface area contributed by atoms with Gasteiger partial charge in [0, 0.05) is 10.0 Å². The number of carbonyl (C=O) groups is 5. The summed E-state index contributed by atoms with van der Waals surface area (Å²) < 4.78 is 5.83. The third-order valence-electron chi connectivity index (χ3n) is 7.31. The van der Waals surface area contributed by atoms with Crippen LogP contribution in [0.15, 0.2) is 83.3 Å². The lowest BCUT2D eigenvalue weighted by Crippen LogP contribution is -2.43. The number of hydrazine groups is 1. The molecule has 2 aliphatic rings. The number of halogens is 1. The average Bonchev–Trinajstić information content (AvgIpc) is 3.24. The van der Waals surface area contributed by atoms with Crippen LogP contribution in [0.25, 0.3) is 0 Å². The Morgan fingerprint density at radius 1 is 0.800 bits per heavy atom. The van der Waals surface area contributed by atoms with Crippen molar-refractivity contribution in [3.63, 3.8) is 0 Å². The second-order valence-electron chi connectivity index (χ2n) is 9.78. The van der Waals surface area contributed by atoms with Gasteiger partial charge < -0.3 is 4.74 Å². The van der Waals surface area contributed by atoms with Crippen molar-refractivity contribution in [1.29, 1.82) is 0 Å². The number of nitrogens with one attached hydrogen (secondary N) is 2. The van der Waals surface area contributed by atoms with Crippen molar-refractivity contribution in [3.8, 4) is 0 Å². The van der Waals surface area contributed by atoms with Gasteiger partial charge in [0.1, 0.15) is 0 Å². The third-order valence-corrected chi connectivity index (χ3v) is 7.84. The molecular weight excluding hydrogens is 578 g/mol. The zero-order chi connectivity index (χ0) is 28.2. The van der Waals surface area contributed by atoms with Crippen LogP contribution in [0, 0.1) is 11.8 Å². The van der Waals surface area contributed by atoms with Crippen LogP contribution in [-0.2, 0) is 19.1 Å². The average molecular weight is 604 g/mol. The highest BCUT2D eigenvalue weighted by Crippen LogP contribution is 2.45. The van der Waals surface area contributed by atoms with Gasteiger partial charge in [-0.2, -0.15) is 0 Å². The summed E-state index contributed by atoms with van der Waals surface area (Å²) in [7, 11) is 0. The van der Waals surface area contributed by atoms with Crippen molar-refractivity contribution in [3.05, 3.63) is 100 Å². The summed E-state index contributed by atoms with van der Waals surface area (Å²) >= 11 is 3.28. The molecule has 0 bridgehead atoms. The van der Waals surface area contributed by atoms with Gasteiger partial charge in [0.05, 0.1) is 23.1 Å². The molecule has 1 aliphatic heterocycles. The Morgan fingerprint density at radius 2 is 1.45 bits per heavy atom. The number of carbonyl (C=O) groups excluding carboxylic acids is 5. The van der Waals surface area contributed by atoms with Crippen LogP contribution in [0.5, 0.6) is 0 Å². The number of rotatable bonds is 6. The molecule has 2 fully saturated rings. The first-order valence-corrected chi connectivity index (χ1v) is 13.7. The number of ether oxygens (including phenoxy) is 1. The second-order valence-corrected chi connectivity index (χ2v) is 10.7. The van der Waals surface area contributed by atoms with E-state index in [9.17, 15) is 24.0 Å². The van der Waals surface area contributed by atoms with Crippen molar-refractivity contribution >= 4 is 51.2 Å². The monoisotopic (exact) mass is 603 g/mol. The zero-order valence-electron chi connectivity index (χ0n) is 21.3. The number of esters is 1. The summed E-state index contributed by atoms with van der Waals surface area (Å²) in [6.45, 7) is -0.615. The number of hydrogen-bond donors (Lipinski definition) is 2. The number of hydrogen-bond acceptors (Lipinski definition) is 6. The standard InChI is InChI=1S/C30H26BrN3O6/c31-22-11-6-19(7-12-22)27(36)33-32-26(35)17-40-30(39)20-8-13-23(14-9-20)34-28(37)24-15-10-21(16-25(24)29(34)38)18-4-2-1-3-5-18/h1-9,11-14,21,24-25H,10,15-17H2,(H,32,35)(H,33,36)/t21-,24+,25+/m0/s1. The normalized spacial score (nSPS) is 20.0. The summed E-state index contributed by atoms with van der Waals surface area (Å²) in [4.78, 5) is 64.2. The number of imide groups is 1. The molecule has 0 radical (unpaired) electrons. The minimum absolute atomic E-state index is 0.149. The van der Waals surface area contributed by atoms with Gasteiger partial charge in [-0.05, 0) is 79.3 Å². The molecular formula is C30H26BrN3O6. The SMILES string of the molecule is O=C(COC(=O)c1ccc(N2C(=O)[C@@H]3CC[C@H](c4ccccc4)C[C@H]3C2=O)cc1)NNC(=O)c1ccc(Br)cc1. The first-order valence-electron chi connectivity index (χ1n) is 12.9. The van der Waals surface area contributed by atoms with Gasteiger partial charge in [-0.3, -0.25) is 34.9 Å². The Hall–Kier alpha value is -4.31. The molecule has 1 aliphatic carbocycles. The second kappa shape index (κ2) is 11.8. The van der Waals surface area contributed by atoms with Crippen molar-refractivity contribution in [2.24, 2.45) is 11.8 Å². The first-order chi connectivity index (χ1) is 19.3. The molecule has 3 aromatic rings. The maximum absolute atomic E-state index is 13.3. The van der Waals surface area contributed by atoms with Crippen LogP contribution >= 0.6 is 15.9 Å². The maximum Gasteiger partial charge on any atom is 0.338 e. The lowest BCUT2D eigenvalue weighted by atomic mass is 9.73. The molecule has 2 N–H and O–H groups in total. The zero-order valence-corrected chi connectivity index (χ0v) is 22.9. The third kappa shape index (κ3) is 5.81. The number of nitrogens with zero attached hydrogens (tertiary/aromatic N) is 1. The van der Waals surface area contributed by atoms with Crippen LogP contribution in [0.1, 0.15) is 51.5 Å². The van der Waals surface area contributed by atoms with E-state index in [-0.39, 0.29) is 35.1 Å². The van der Waals surface area contributed by atoms with Gasteiger partial charge in [-0.25, -0.2) is 4.79 Å². The van der Waals surface area contributed by atoms with E-state index in [2.05, 4.69) is 38.9 Å². The Morgan fingerprint density at radius 3 is 2.15 bits per heavy atom. The maximum atomic E-state index is 13.3. The lowest BCUT2D eigenvalue weighted by molar-refractivity contribution is -0.125. The minimum atomic E-state index is -0.764. The van der Waals surface area contributed by atoms with Crippen molar-refractivity contribution in [1.82, 2.24) is 10.9 Å². The molecule has 204 valence electrons. The van der Waals surface area contributed by atoms with E-state index in [1.165, 1.54) is 34.7 Å². The summed E-state index contributed by atoms with van der Waals surface area (Å²) in [5.74, 6) is -2.89. The van der Waals surface area contributed by atoms with Gasteiger partial charge in [-0.15, -0.1) is 0 Å². The number of amides is 4. The number of fused-ring (bicyclic) bond motifs is 1. The van der Waals surface area contributed by atoms with Crippen molar-refractivity contribution in [2.75, 3.05) is 11.5 Å². The van der Waals surface area contributed by atoms with E-state index in [1.54, 1.807) is 24.3 Å². The molecule has 0 spiro atoms. The van der Waals surface area contributed by atoms with Crippen LogP contribution in [0.4, 0.5) is 5.69 Å². The van der Waals surface area contributed by atoms with Crippen LogP contribution in [-0.4, -0.2) is 36.2 Å². The molecule has 4 amide bonds. The fraction of sp³-hybridized carbons (Fsp3) is 0.233. The quantitative estimate of drug-likeness (QED) is 0.248. The molecule has 5 rings (SSSR count). The molecule has 9 nitrogen and oxygen atoms in total. The van der Waals surface area contributed by atoms with E-state index < -0.39 is 24.4 Å². The van der Waals surface area contributed by atoms with Gasteiger partial charge in [0.2, 0.25) is 11.8 Å². The van der Waals surface area contributed by atoms with Gasteiger partial charge >= 0.3 is 5.97 Å².